The van der Waals surface area contributed by atoms with Gasteiger partial charge < -0.3 is 29.0 Å². The lowest BCUT2D eigenvalue weighted by molar-refractivity contribution is -0.143. The van der Waals surface area contributed by atoms with Crippen LogP contribution in [-0.2, 0) is 35.0 Å². The fraction of sp³-hybridized carbons (Fsp3) is 0.583. The van der Waals surface area contributed by atoms with Crippen LogP contribution < -0.4 is 14.8 Å². The zero-order valence-corrected chi connectivity index (χ0v) is 20.5. The number of hydrogen-bond donors (Lipinski definition) is 1. The highest BCUT2D eigenvalue weighted by Gasteiger charge is 2.21. The molecule has 0 radical (unpaired) electrons. The third-order valence-corrected chi connectivity index (χ3v) is 4.66. The molecule has 1 aromatic carbocycles. The summed E-state index contributed by atoms with van der Waals surface area (Å²) in [4.78, 5) is 47.4. The number of hydrogen-bond acceptors (Lipinski definition) is 10. The second-order valence-electron chi connectivity index (χ2n) is 7.49. The molecule has 1 rings (SSSR count). The van der Waals surface area contributed by atoms with Crippen LogP contribution in [0.3, 0.4) is 0 Å². The molecule has 0 aliphatic heterocycles. The number of benzene rings is 1. The van der Waals surface area contributed by atoms with Gasteiger partial charge in [0.2, 0.25) is 0 Å². The van der Waals surface area contributed by atoms with Crippen LogP contribution in [0, 0.1) is 0 Å². The van der Waals surface area contributed by atoms with Gasteiger partial charge in [0.15, 0.2) is 11.5 Å². The minimum atomic E-state index is -0.767. The molecule has 0 amide bonds. The van der Waals surface area contributed by atoms with Crippen LogP contribution in [-0.4, -0.2) is 56.5 Å². The van der Waals surface area contributed by atoms with E-state index in [0.717, 1.165) is 12.8 Å². The van der Waals surface area contributed by atoms with E-state index >= 15 is 0 Å². The van der Waals surface area contributed by atoms with Crippen molar-refractivity contribution in [1.29, 1.82) is 0 Å². The molecule has 0 aliphatic carbocycles. The van der Waals surface area contributed by atoms with Gasteiger partial charge in [-0.2, -0.15) is 0 Å². The van der Waals surface area contributed by atoms with Gasteiger partial charge in [0.25, 0.3) is 0 Å². The molecule has 0 saturated heterocycles. The second kappa shape index (κ2) is 15.7. The van der Waals surface area contributed by atoms with E-state index in [0.29, 0.717) is 5.56 Å². The molecule has 0 saturated carbocycles. The Morgan fingerprint density at radius 3 is 2.21 bits per heavy atom. The first-order valence-corrected chi connectivity index (χ1v) is 11.4. The minimum absolute atomic E-state index is 0.00353. The molecule has 0 bridgehead atoms. The molecule has 190 valence electrons. The van der Waals surface area contributed by atoms with Crippen molar-refractivity contribution in [1.82, 2.24) is 5.32 Å². The van der Waals surface area contributed by atoms with Gasteiger partial charge in [-0.1, -0.05) is 33.3 Å². The summed E-state index contributed by atoms with van der Waals surface area (Å²) in [6, 6.07) is 3.93. The van der Waals surface area contributed by atoms with Gasteiger partial charge >= 0.3 is 24.1 Å². The smallest absolute Gasteiger partial charge is 0.468 e. The molecule has 1 unspecified atom stereocenters. The summed E-state index contributed by atoms with van der Waals surface area (Å²) < 4.78 is 25.5. The van der Waals surface area contributed by atoms with E-state index in [1.165, 1.54) is 19.2 Å². The summed E-state index contributed by atoms with van der Waals surface area (Å²) in [5, 5.41) is 2.98. The highest BCUT2D eigenvalue weighted by atomic mass is 16.7. The molecule has 1 aromatic rings. The van der Waals surface area contributed by atoms with Crippen molar-refractivity contribution in [3.63, 3.8) is 0 Å². The van der Waals surface area contributed by atoms with Gasteiger partial charge in [-0.3, -0.25) is 14.4 Å². The number of carbonyl (C=O) groups is 4. The summed E-state index contributed by atoms with van der Waals surface area (Å²) in [6.07, 6.45) is 1.10. The van der Waals surface area contributed by atoms with Crippen molar-refractivity contribution in [3.05, 3.63) is 23.8 Å². The lowest BCUT2D eigenvalue weighted by atomic mass is 10.1. The van der Waals surface area contributed by atoms with Crippen LogP contribution in [0.4, 0.5) is 4.79 Å². The van der Waals surface area contributed by atoms with Crippen LogP contribution in [0.25, 0.3) is 0 Å². The number of methoxy groups -OCH3 is 1. The molecule has 10 heteroatoms. The fourth-order valence-electron chi connectivity index (χ4n) is 2.88. The summed E-state index contributed by atoms with van der Waals surface area (Å²) in [5.41, 5.74) is 0.631. The maximum Gasteiger partial charge on any atom is 0.508 e. The van der Waals surface area contributed by atoms with E-state index in [4.69, 9.17) is 23.7 Å². The van der Waals surface area contributed by atoms with Crippen molar-refractivity contribution in [2.75, 3.05) is 20.3 Å². The number of nitrogens with one attached hydrogen (secondary N) is 1. The topological polar surface area (TPSA) is 126 Å². The van der Waals surface area contributed by atoms with E-state index in [9.17, 15) is 19.2 Å². The monoisotopic (exact) mass is 481 g/mol. The van der Waals surface area contributed by atoms with Gasteiger partial charge in [-0.25, -0.2) is 4.79 Å². The van der Waals surface area contributed by atoms with Crippen molar-refractivity contribution < 1.29 is 42.9 Å². The first kappa shape index (κ1) is 28.9. The molecule has 0 spiro atoms. The first-order valence-electron chi connectivity index (χ1n) is 11.4. The average Bonchev–Trinajstić information content (AvgIpc) is 2.81. The van der Waals surface area contributed by atoms with Crippen molar-refractivity contribution in [2.45, 2.75) is 71.9 Å². The minimum Gasteiger partial charge on any atom is -0.468 e. The Morgan fingerprint density at radius 1 is 0.971 bits per heavy atom. The largest absolute Gasteiger partial charge is 0.508 e. The lowest BCUT2D eigenvalue weighted by Crippen LogP contribution is -2.41. The van der Waals surface area contributed by atoms with E-state index in [1.54, 1.807) is 26.8 Å². The summed E-state index contributed by atoms with van der Waals surface area (Å²) in [7, 11) is 1.27. The Balaban J connectivity index is 2.81. The molecule has 0 aromatic heterocycles. The number of rotatable bonds is 14. The van der Waals surface area contributed by atoms with Crippen LogP contribution in [0.2, 0.25) is 0 Å². The molecular formula is C24H35NO9. The summed E-state index contributed by atoms with van der Waals surface area (Å²) in [6.45, 7) is 7.25. The number of ether oxygens (including phenoxy) is 5. The Hall–Kier alpha value is -3.14. The van der Waals surface area contributed by atoms with Gasteiger partial charge in [0, 0.05) is 19.4 Å². The number of carbonyl (C=O) groups excluding carboxylic acids is 4. The van der Waals surface area contributed by atoms with Crippen molar-refractivity contribution in [2.24, 2.45) is 0 Å². The lowest BCUT2D eigenvalue weighted by Gasteiger charge is -2.18. The quantitative estimate of drug-likeness (QED) is 0.240. The molecule has 0 aliphatic rings. The second-order valence-corrected chi connectivity index (χ2v) is 7.49. The zero-order chi connectivity index (χ0) is 25.5. The predicted molar refractivity (Wildman–Crippen MR) is 123 cm³/mol. The van der Waals surface area contributed by atoms with Crippen LogP contribution in [0.1, 0.15) is 58.9 Å². The normalized spacial score (nSPS) is 12.3. The number of esters is 3. The van der Waals surface area contributed by atoms with Crippen molar-refractivity contribution in [3.8, 4) is 11.5 Å². The summed E-state index contributed by atoms with van der Waals surface area (Å²) >= 11 is 0. The molecule has 0 heterocycles. The molecule has 1 N–H and O–H groups in total. The standard InChI is InChI=1S/C24H35NO9/c1-6-9-16(4)32-24(29)31-13-12-25-18(23(28)30-5)14-17-10-11-19(33-21(26)7-2)20(15-17)34-22(27)8-3/h10-11,15-16,18,25H,6-9,12-14H2,1-5H3/t16?,18-/m0/s1. The van der Waals surface area contributed by atoms with Gasteiger partial charge in [0.05, 0.1) is 7.11 Å². The Bertz CT molecular complexity index is 825. The van der Waals surface area contributed by atoms with Crippen LogP contribution >= 0.6 is 0 Å². The average molecular weight is 482 g/mol. The summed E-state index contributed by atoms with van der Waals surface area (Å²) in [5.74, 6) is -1.29. The van der Waals surface area contributed by atoms with E-state index in [1.807, 2.05) is 6.92 Å². The molecule has 34 heavy (non-hydrogen) atoms. The van der Waals surface area contributed by atoms with Gasteiger partial charge in [-0.05, 0) is 37.5 Å². The predicted octanol–water partition coefficient (Wildman–Crippen LogP) is 3.33. The first-order chi connectivity index (χ1) is 16.2. The Morgan fingerprint density at radius 2 is 1.62 bits per heavy atom. The van der Waals surface area contributed by atoms with Crippen LogP contribution in [0.15, 0.2) is 18.2 Å². The Kier molecular flexibility index (Phi) is 13.3. The third-order valence-electron chi connectivity index (χ3n) is 4.66. The molecule has 2 atom stereocenters. The van der Waals surface area contributed by atoms with Gasteiger partial charge in [0.1, 0.15) is 18.8 Å². The SMILES string of the molecule is CCCC(C)OC(=O)OCCN[C@@H](Cc1ccc(OC(=O)CC)c(OC(=O)CC)c1)C(=O)OC. The van der Waals surface area contributed by atoms with E-state index in [-0.39, 0.29) is 50.0 Å². The maximum atomic E-state index is 12.3. The third kappa shape index (κ3) is 10.7. The van der Waals surface area contributed by atoms with E-state index < -0.39 is 30.1 Å². The molecular weight excluding hydrogens is 446 g/mol. The highest BCUT2D eigenvalue weighted by molar-refractivity contribution is 5.77. The highest BCUT2D eigenvalue weighted by Crippen LogP contribution is 2.30. The van der Waals surface area contributed by atoms with E-state index in [2.05, 4.69) is 5.32 Å². The van der Waals surface area contributed by atoms with Crippen molar-refractivity contribution >= 4 is 24.1 Å². The molecule has 10 nitrogen and oxygen atoms in total. The molecule has 0 fully saturated rings. The van der Waals surface area contributed by atoms with Gasteiger partial charge in [-0.15, -0.1) is 0 Å². The maximum absolute atomic E-state index is 12.3. The Labute approximate surface area is 200 Å². The fourth-order valence-corrected chi connectivity index (χ4v) is 2.88. The van der Waals surface area contributed by atoms with Crippen LogP contribution in [0.5, 0.6) is 11.5 Å². The zero-order valence-electron chi connectivity index (χ0n) is 20.5.